The van der Waals surface area contributed by atoms with Crippen molar-refractivity contribution < 1.29 is 14.3 Å². The van der Waals surface area contributed by atoms with E-state index in [9.17, 15) is 4.79 Å². The van der Waals surface area contributed by atoms with Gasteiger partial charge >= 0.3 is 0 Å². The zero-order chi connectivity index (χ0) is 22.1. The summed E-state index contributed by atoms with van der Waals surface area (Å²) in [5, 5.41) is 0. The van der Waals surface area contributed by atoms with Gasteiger partial charge in [0, 0.05) is 50.4 Å². The number of rotatable bonds is 2. The van der Waals surface area contributed by atoms with E-state index in [-0.39, 0.29) is 11.2 Å². The van der Waals surface area contributed by atoms with Crippen LogP contribution in [0.4, 0.5) is 5.69 Å². The predicted molar refractivity (Wildman–Crippen MR) is 126 cm³/mol. The molecule has 4 nitrogen and oxygen atoms in total. The van der Waals surface area contributed by atoms with Gasteiger partial charge in [-0.1, -0.05) is 30.2 Å². The molecule has 3 saturated carbocycles. The molecule has 1 aromatic rings. The molecule has 0 bridgehead atoms. The van der Waals surface area contributed by atoms with Gasteiger partial charge < -0.3 is 14.4 Å². The molecule has 172 valence electrons. The SMILES string of the molecule is CN(C)c1ccc([C@H]2C[C@]3(C)C(=O)CCC3C3CCC4CC5(CCC4=C32)OCCO5)cc1. The summed E-state index contributed by atoms with van der Waals surface area (Å²) < 4.78 is 12.2. The van der Waals surface area contributed by atoms with E-state index in [4.69, 9.17) is 9.47 Å². The zero-order valence-corrected chi connectivity index (χ0v) is 19.9. The molecule has 1 heterocycles. The summed E-state index contributed by atoms with van der Waals surface area (Å²) in [4.78, 5) is 15.3. The Hall–Kier alpha value is -1.65. The van der Waals surface area contributed by atoms with Crippen molar-refractivity contribution in [1.82, 2.24) is 0 Å². The molecule has 4 heteroatoms. The van der Waals surface area contributed by atoms with Crippen LogP contribution in [0.3, 0.4) is 0 Å². The van der Waals surface area contributed by atoms with Crippen molar-refractivity contribution in [3.63, 3.8) is 0 Å². The van der Waals surface area contributed by atoms with E-state index in [0.29, 0.717) is 29.5 Å². The summed E-state index contributed by atoms with van der Waals surface area (Å²) in [6.45, 7) is 3.77. The molecule has 32 heavy (non-hydrogen) atoms. The molecule has 1 aromatic carbocycles. The van der Waals surface area contributed by atoms with Crippen LogP contribution in [-0.2, 0) is 14.3 Å². The Labute approximate surface area is 192 Å². The summed E-state index contributed by atoms with van der Waals surface area (Å²) in [7, 11) is 4.19. The highest BCUT2D eigenvalue weighted by Gasteiger charge is 2.57. The van der Waals surface area contributed by atoms with Gasteiger partial charge in [0.05, 0.1) is 13.2 Å². The number of benzene rings is 1. The third-order valence-electron chi connectivity index (χ3n) is 9.67. The first kappa shape index (κ1) is 20.9. The molecule has 0 amide bonds. The maximum Gasteiger partial charge on any atom is 0.169 e. The summed E-state index contributed by atoms with van der Waals surface area (Å²) in [5.74, 6) is 2.25. The third-order valence-corrected chi connectivity index (χ3v) is 9.67. The molecule has 4 aliphatic carbocycles. The van der Waals surface area contributed by atoms with Crippen molar-refractivity contribution in [1.29, 1.82) is 0 Å². The summed E-state index contributed by atoms with van der Waals surface area (Å²) in [6.07, 6.45) is 8.40. The lowest BCUT2D eigenvalue weighted by Gasteiger charge is -2.52. The highest BCUT2D eigenvalue weighted by atomic mass is 16.7. The molecule has 4 fully saturated rings. The minimum absolute atomic E-state index is 0.153. The molecule has 0 N–H and O–H groups in total. The van der Waals surface area contributed by atoms with Crippen molar-refractivity contribution in [2.24, 2.45) is 23.2 Å². The van der Waals surface area contributed by atoms with Gasteiger partial charge in [-0.15, -0.1) is 0 Å². The van der Waals surface area contributed by atoms with Crippen LogP contribution in [-0.4, -0.2) is 38.9 Å². The lowest BCUT2D eigenvalue weighted by molar-refractivity contribution is -0.181. The molecule has 0 radical (unpaired) electrons. The fraction of sp³-hybridized carbons (Fsp3) is 0.679. The summed E-state index contributed by atoms with van der Waals surface area (Å²) >= 11 is 0. The van der Waals surface area contributed by atoms with Crippen LogP contribution in [0.2, 0.25) is 0 Å². The number of ether oxygens (including phenoxy) is 2. The van der Waals surface area contributed by atoms with Crippen LogP contribution in [0, 0.1) is 23.2 Å². The number of carbonyl (C=O) groups is 1. The maximum absolute atomic E-state index is 13.1. The van der Waals surface area contributed by atoms with Crippen LogP contribution in [0.5, 0.6) is 0 Å². The second kappa shape index (κ2) is 7.43. The second-order valence-electron chi connectivity index (χ2n) is 11.4. The Balaban J connectivity index is 1.43. The van der Waals surface area contributed by atoms with Crippen molar-refractivity contribution >= 4 is 11.5 Å². The van der Waals surface area contributed by atoms with Crippen LogP contribution < -0.4 is 4.90 Å². The highest BCUT2D eigenvalue weighted by molar-refractivity contribution is 5.87. The molecule has 1 spiro atoms. The Bertz CT molecular complexity index is 942. The Morgan fingerprint density at radius 1 is 0.969 bits per heavy atom. The van der Waals surface area contributed by atoms with Gasteiger partial charge in [0.15, 0.2) is 5.79 Å². The number of carbonyl (C=O) groups excluding carboxylic acids is 1. The standard InChI is InChI=1S/C28H37NO3/c1-27-17-23(18-4-7-20(8-5-18)29(2)3)26-21-12-13-28(31-14-15-32-28)16-19(21)6-9-22(26)24(27)10-11-25(27)30/h4-5,7-8,19,22-24H,6,9-17H2,1-3H3/t19?,22?,23-,24?,27+/m1/s1. The van der Waals surface area contributed by atoms with Crippen molar-refractivity contribution in [2.45, 2.75) is 70.0 Å². The first-order chi connectivity index (χ1) is 15.4. The average molecular weight is 436 g/mol. The fourth-order valence-electron chi connectivity index (χ4n) is 8.06. The lowest BCUT2D eigenvalue weighted by Crippen LogP contribution is -2.46. The normalized spacial score (nSPS) is 37.9. The lowest BCUT2D eigenvalue weighted by atomic mass is 9.52. The van der Waals surface area contributed by atoms with Gasteiger partial charge in [-0.2, -0.15) is 0 Å². The second-order valence-corrected chi connectivity index (χ2v) is 11.4. The van der Waals surface area contributed by atoms with Crippen LogP contribution in [0.15, 0.2) is 35.4 Å². The molecule has 5 aliphatic rings. The third kappa shape index (κ3) is 3.05. The number of hydrogen-bond donors (Lipinski definition) is 0. The zero-order valence-electron chi connectivity index (χ0n) is 19.9. The summed E-state index contributed by atoms with van der Waals surface area (Å²) in [5.41, 5.74) is 5.89. The fourth-order valence-corrected chi connectivity index (χ4v) is 8.06. The Morgan fingerprint density at radius 3 is 2.44 bits per heavy atom. The van der Waals surface area contributed by atoms with E-state index < -0.39 is 0 Å². The van der Waals surface area contributed by atoms with Crippen molar-refractivity contribution in [3.8, 4) is 0 Å². The van der Waals surface area contributed by atoms with E-state index in [2.05, 4.69) is 50.2 Å². The van der Waals surface area contributed by atoms with Gasteiger partial charge in [0.25, 0.3) is 0 Å². The van der Waals surface area contributed by atoms with Crippen molar-refractivity contribution in [2.75, 3.05) is 32.2 Å². The quantitative estimate of drug-likeness (QED) is 0.577. The number of ketones is 1. The van der Waals surface area contributed by atoms with E-state index in [1.165, 1.54) is 24.1 Å². The minimum atomic E-state index is -0.322. The van der Waals surface area contributed by atoms with Gasteiger partial charge in [-0.05, 0) is 67.6 Å². The van der Waals surface area contributed by atoms with Gasteiger partial charge in [-0.3, -0.25) is 4.79 Å². The smallest absolute Gasteiger partial charge is 0.169 e. The highest BCUT2D eigenvalue weighted by Crippen LogP contribution is 2.63. The Morgan fingerprint density at radius 2 is 1.72 bits per heavy atom. The molecule has 1 saturated heterocycles. The summed E-state index contributed by atoms with van der Waals surface area (Å²) in [6, 6.07) is 9.14. The van der Waals surface area contributed by atoms with Gasteiger partial charge in [0.1, 0.15) is 5.78 Å². The maximum atomic E-state index is 13.1. The number of anilines is 1. The van der Waals surface area contributed by atoms with E-state index in [1.807, 2.05) is 0 Å². The topological polar surface area (TPSA) is 38.8 Å². The molecule has 5 atom stereocenters. The first-order valence-electron chi connectivity index (χ1n) is 12.7. The number of allylic oxidation sites excluding steroid dienone is 2. The Kier molecular flexibility index (Phi) is 4.86. The minimum Gasteiger partial charge on any atom is -0.378 e. The largest absolute Gasteiger partial charge is 0.378 e. The van der Waals surface area contributed by atoms with Crippen LogP contribution in [0.25, 0.3) is 0 Å². The molecule has 1 aliphatic heterocycles. The molecular weight excluding hydrogens is 398 g/mol. The van der Waals surface area contributed by atoms with Crippen LogP contribution >= 0.6 is 0 Å². The van der Waals surface area contributed by atoms with Crippen LogP contribution in [0.1, 0.15) is 69.8 Å². The first-order valence-corrected chi connectivity index (χ1v) is 12.7. The van der Waals surface area contributed by atoms with Gasteiger partial charge in [-0.25, -0.2) is 0 Å². The molecular formula is C28H37NO3. The molecule has 6 rings (SSSR count). The van der Waals surface area contributed by atoms with Crippen molar-refractivity contribution in [3.05, 3.63) is 41.0 Å². The van der Waals surface area contributed by atoms with E-state index in [0.717, 1.165) is 51.7 Å². The number of nitrogens with zero attached hydrogens (tertiary/aromatic N) is 1. The number of hydrogen-bond acceptors (Lipinski definition) is 4. The van der Waals surface area contributed by atoms with Gasteiger partial charge in [0.2, 0.25) is 0 Å². The average Bonchev–Trinajstić information content (AvgIpc) is 3.37. The molecule has 3 unspecified atom stereocenters. The number of Topliss-reactive ketones (excluding diaryl/α,β-unsaturated/α-hetero) is 1. The predicted octanol–water partition coefficient (Wildman–Crippen LogP) is 5.48. The van der Waals surface area contributed by atoms with E-state index >= 15 is 0 Å². The number of fused-ring (bicyclic) bond motifs is 4. The monoisotopic (exact) mass is 435 g/mol. The van der Waals surface area contributed by atoms with E-state index in [1.54, 1.807) is 11.1 Å². The molecule has 0 aromatic heterocycles.